The molecule has 0 saturated heterocycles. The summed E-state index contributed by atoms with van der Waals surface area (Å²) in [6.07, 6.45) is 2.52. The Morgan fingerprint density at radius 1 is 1.07 bits per heavy atom. The normalized spacial score (nSPS) is 10.0. The molecule has 4 heteroatoms. The first-order valence-corrected chi connectivity index (χ1v) is 4.79. The van der Waals surface area contributed by atoms with Crippen molar-refractivity contribution in [2.45, 2.75) is 46.5 Å². The molecule has 0 unspecified atom stereocenters. The summed E-state index contributed by atoms with van der Waals surface area (Å²) < 4.78 is 8.95. The van der Waals surface area contributed by atoms with Crippen LogP contribution in [0.25, 0.3) is 0 Å². The molecule has 0 spiro atoms. The van der Waals surface area contributed by atoms with Gasteiger partial charge in [0.05, 0.1) is 0 Å². The van der Waals surface area contributed by atoms with Crippen LogP contribution in [0.1, 0.15) is 46.5 Å². The molecule has 0 aliphatic rings. The number of hydrogen-bond acceptors (Lipinski definition) is 4. The summed E-state index contributed by atoms with van der Waals surface area (Å²) in [6, 6.07) is 0. The van der Waals surface area contributed by atoms with E-state index in [2.05, 4.69) is 9.47 Å². The van der Waals surface area contributed by atoms with Crippen LogP contribution in [0.15, 0.2) is 0 Å². The number of carbonyl (C=O) groups is 2. The van der Waals surface area contributed by atoms with Gasteiger partial charge in [-0.15, -0.1) is 0 Å². The Morgan fingerprint density at radius 2 is 1.71 bits per heavy atom. The van der Waals surface area contributed by atoms with E-state index >= 15 is 0 Å². The van der Waals surface area contributed by atoms with Crippen molar-refractivity contribution in [3.05, 3.63) is 6.10 Å². The fourth-order valence-electron chi connectivity index (χ4n) is 0.851. The lowest BCUT2D eigenvalue weighted by Crippen LogP contribution is -2.14. The summed E-state index contributed by atoms with van der Waals surface area (Å²) in [5, 5.41) is 0. The van der Waals surface area contributed by atoms with E-state index in [1.165, 1.54) is 0 Å². The molecule has 0 aliphatic carbocycles. The Hall–Kier alpha value is -1.06. The van der Waals surface area contributed by atoms with E-state index < -0.39 is 12.1 Å². The summed E-state index contributed by atoms with van der Waals surface area (Å²) in [6.45, 7) is 5.26. The average molecular weight is 201 g/mol. The van der Waals surface area contributed by atoms with E-state index in [4.69, 9.17) is 0 Å². The molecular weight excluding hydrogens is 184 g/mol. The Labute approximate surface area is 84.6 Å². The lowest BCUT2D eigenvalue weighted by atomic mass is 10.2. The standard InChI is InChI=1S/C10H17O4/c1-4-5-6-7-9(11)14-10(12)13-8(2)3/h4-7H2,1-3H3. The molecule has 14 heavy (non-hydrogen) atoms. The zero-order valence-electron chi connectivity index (χ0n) is 8.96. The lowest BCUT2D eigenvalue weighted by Gasteiger charge is -2.05. The minimum absolute atomic E-state index is 0.270. The first kappa shape index (κ1) is 12.9. The number of hydrogen-bond donors (Lipinski definition) is 0. The molecule has 0 saturated carbocycles. The van der Waals surface area contributed by atoms with Gasteiger partial charge in [-0.25, -0.2) is 4.79 Å². The van der Waals surface area contributed by atoms with Crippen molar-refractivity contribution >= 4 is 12.1 Å². The summed E-state index contributed by atoms with van der Waals surface area (Å²) in [5.74, 6) is -0.523. The molecule has 0 aliphatic heterocycles. The zero-order chi connectivity index (χ0) is 11.0. The van der Waals surface area contributed by atoms with Crippen LogP contribution in [-0.4, -0.2) is 12.1 Å². The number of carbonyl (C=O) groups excluding carboxylic acids is 2. The van der Waals surface area contributed by atoms with Gasteiger partial charge in [-0.3, -0.25) is 4.79 Å². The molecule has 0 bridgehead atoms. The highest BCUT2D eigenvalue weighted by Crippen LogP contribution is 2.04. The second-order valence-corrected chi connectivity index (χ2v) is 3.19. The second-order valence-electron chi connectivity index (χ2n) is 3.19. The first-order chi connectivity index (χ1) is 6.56. The van der Waals surface area contributed by atoms with Gasteiger partial charge in [-0.1, -0.05) is 19.8 Å². The molecule has 81 valence electrons. The van der Waals surface area contributed by atoms with Gasteiger partial charge in [0.1, 0.15) is 6.10 Å². The van der Waals surface area contributed by atoms with Gasteiger partial charge < -0.3 is 9.47 Å². The number of ether oxygens (including phenoxy) is 2. The monoisotopic (exact) mass is 201 g/mol. The van der Waals surface area contributed by atoms with Crippen LogP contribution in [0.5, 0.6) is 0 Å². The highest BCUT2D eigenvalue weighted by atomic mass is 16.7. The Kier molecular flexibility index (Phi) is 6.80. The number of rotatable bonds is 5. The quantitative estimate of drug-likeness (QED) is 0.390. The van der Waals surface area contributed by atoms with Gasteiger partial charge in [0.15, 0.2) is 0 Å². The largest absolute Gasteiger partial charge is 0.516 e. The lowest BCUT2D eigenvalue weighted by molar-refractivity contribution is -0.139. The van der Waals surface area contributed by atoms with Crippen molar-refractivity contribution in [2.75, 3.05) is 0 Å². The molecule has 0 aromatic heterocycles. The van der Waals surface area contributed by atoms with Gasteiger partial charge in [-0.2, -0.15) is 0 Å². The molecule has 1 radical (unpaired) electrons. The van der Waals surface area contributed by atoms with Gasteiger partial charge in [0.2, 0.25) is 0 Å². The molecular formula is C10H17O4. The third kappa shape index (κ3) is 7.58. The van der Waals surface area contributed by atoms with Gasteiger partial charge in [-0.05, 0) is 20.3 Å². The van der Waals surface area contributed by atoms with Gasteiger partial charge >= 0.3 is 12.1 Å². The van der Waals surface area contributed by atoms with Crippen LogP contribution < -0.4 is 0 Å². The van der Waals surface area contributed by atoms with Crippen LogP contribution in [0.3, 0.4) is 0 Å². The summed E-state index contributed by atoms with van der Waals surface area (Å²) in [5.41, 5.74) is 0. The van der Waals surface area contributed by atoms with E-state index in [1.54, 1.807) is 13.8 Å². The van der Waals surface area contributed by atoms with E-state index in [1.807, 2.05) is 6.92 Å². The van der Waals surface area contributed by atoms with E-state index in [9.17, 15) is 9.59 Å². The molecule has 0 fully saturated rings. The highest BCUT2D eigenvalue weighted by Gasteiger charge is 2.12. The Morgan fingerprint density at radius 3 is 2.21 bits per heavy atom. The van der Waals surface area contributed by atoms with Crippen LogP contribution >= 0.6 is 0 Å². The van der Waals surface area contributed by atoms with Crippen molar-refractivity contribution in [3.63, 3.8) is 0 Å². The second kappa shape index (κ2) is 7.35. The van der Waals surface area contributed by atoms with E-state index in [0.717, 1.165) is 19.3 Å². The van der Waals surface area contributed by atoms with Crippen LogP contribution in [0.4, 0.5) is 4.79 Å². The summed E-state index contributed by atoms with van der Waals surface area (Å²) in [4.78, 5) is 21.8. The minimum atomic E-state index is -0.938. The highest BCUT2D eigenvalue weighted by molar-refractivity contribution is 5.81. The number of unbranched alkanes of at least 4 members (excludes halogenated alkanes) is 2. The van der Waals surface area contributed by atoms with Crippen LogP contribution in [0, 0.1) is 6.10 Å². The Bertz CT molecular complexity index is 187. The van der Waals surface area contributed by atoms with Crippen molar-refractivity contribution in [2.24, 2.45) is 0 Å². The predicted molar refractivity (Wildman–Crippen MR) is 51.3 cm³/mol. The number of esters is 1. The first-order valence-electron chi connectivity index (χ1n) is 4.79. The maximum Gasteiger partial charge on any atom is 0.516 e. The van der Waals surface area contributed by atoms with Crippen molar-refractivity contribution in [1.29, 1.82) is 0 Å². The minimum Gasteiger partial charge on any atom is -0.424 e. The topological polar surface area (TPSA) is 52.6 Å². The van der Waals surface area contributed by atoms with E-state index in [0.29, 0.717) is 6.10 Å². The SMILES string of the molecule is CCCCCC(=O)OC(=O)O[C](C)C. The zero-order valence-corrected chi connectivity index (χ0v) is 8.96. The molecule has 0 heterocycles. The van der Waals surface area contributed by atoms with Crippen LogP contribution in [-0.2, 0) is 14.3 Å². The molecule has 4 nitrogen and oxygen atoms in total. The summed E-state index contributed by atoms with van der Waals surface area (Å²) in [7, 11) is 0. The fourth-order valence-corrected chi connectivity index (χ4v) is 0.851. The maximum atomic E-state index is 11.0. The molecule has 0 amide bonds. The molecule has 0 aromatic rings. The van der Waals surface area contributed by atoms with Gasteiger partial charge in [0, 0.05) is 6.42 Å². The fraction of sp³-hybridized carbons (Fsp3) is 0.700. The smallest absolute Gasteiger partial charge is 0.424 e. The van der Waals surface area contributed by atoms with Crippen molar-refractivity contribution in [1.82, 2.24) is 0 Å². The molecule has 0 rings (SSSR count). The van der Waals surface area contributed by atoms with Crippen LogP contribution in [0.2, 0.25) is 0 Å². The molecule has 0 N–H and O–H groups in total. The molecule has 0 aromatic carbocycles. The Balaban J connectivity index is 3.56. The van der Waals surface area contributed by atoms with Crippen molar-refractivity contribution in [3.8, 4) is 0 Å². The molecule has 0 atom stereocenters. The average Bonchev–Trinajstić information content (AvgIpc) is 2.02. The van der Waals surface area contributed by atoms with Gasteiger partial charge in [0.25, 0.3) is 0 Å². The van der Waals surface area contributed by atoms with Crippen molar-refractivity contribution < 1.29 is 19.1 Å². The third-order valence-electron chi connectivity index (χ3n) is 1.47. The van der Waals surface area contributed by atoms with E-state index in [-0.39, 0.29) is 6.42 Å². The maximum absolute atomic E-state index is 11.0. The third-order valence-corrected chi connectivity index (χ3v) is 1.47. The summed E-state index contributed by atoms with van der Waals surface area (Å²) >= 11 is 0. The predicted octanol–water partition coefficient (Wildman–Crippen LogP) is 2.82.